The van der Waals surface area contributed by atoms with E-state index >= 15 is 0 Å². The Kier molecular flexibility index (Phi) is 11.8. The summed E-state index contributed by atoms with van der Waals surface area (Å²) in [6, 6.07) is 10.3. The summed E-state index contributed by atoms with van der Waals surface area (Å²) in [5, 5.41) is 9.89. The first-order valence-corrected chi connectivity index (χ1v) is 13.8. The van der Waals surface area contributed by atoms with Crippen LogP contribution in [0.4, 0.5) is 0 Å². The Balaban J connectivity index is 1.45. The summed E-state index contributed by atoms with van der Waals surface area (Å²) >= 11 is 1.66. The zero-order valence-corrected chi connectivity index (χ0v) is 22.1. The van der Waals surface area contributed by atoms with Gasteiger partial charge in [-0.1, -0.05) is 50.1 Å². The summed E-state index contributed by atoms with van der Waals surface area (Å²) in [6.45, 7) is 7.66. The fraction of sp³-hybridized carbons (Fsp3) is 0.593. The zero-order valence-electron chi connectivity index (χ0n) is 21.3. The Bertz CT molecular complexity index is 896. The van der Waals surface area contributed by atoms with E-state index in [1.165, 1.54) is 0 Å². The molecule has 3 rings (SSSR count). The number of nitrogens with one attached hydrogen (secondary N) is 2. The van der Waals surface area contributed by atoms with E-state index in [0.717, 1.165) is 68.1 Å². The second kappa shape index (κ2) is 15.1. The van der Waals surface area contributed by atoms with Crippen LogP contribution in [0.2, 0.25) is 0 Å². The summed E-state index contributed by atoms with van der Waals surface area (Å²) in [4.78, 5) is 33.6. The summed E-state index contributed by atoms with van der Waals surface area (Å²) in [6.07, 6.45) is 5.16. The van der Waals surface area contributed by atoms with Crippen molar-refractivity contribution in [3.63, 3.8) is 0 Å². The molecule has 8 heteroatoms. The summed E-state index contributed by atoms with van der Waals surface area (Å²) in [5.41, 5.74) is 2.16. The Morgan fingerprint density at radius 2 is 1.86 bits per heavy atom. The van der Waals surface area contributed by atoms with E-state index < -0.39 is 0 Å². The maximum absolute atomic E-state index is 12.8. The van der Waals surface area contributed by atoms with Gasteiger partial charge in [0.25, 0.3) is 0 Å². The van der Waals surface area contributed by atoms with Gasteiger partial charge >= 0.3 is 0 Å². The van der Waals surface area contributed by atoms with E-state index in [-0.39, 0.29) is 11.9 Å². The van der Waals surface area contributed by atoms with Crippen molar-refractivity contribution in [3.8, 4) is 10.6 Å². The van der Waals surface area contributed by atoms with Gasteiger partial charge in [-0.05, 0) is 19.9 Å². The second-order valence-corrected chi connectivity index (χ2v) is 10.3. The monoisotopic (exact) mass is 499 g/mol. The van der Waals surface area contributed by atoms with Crippen LogP contribution >= 0.6 is 11.3 Å². The lowest BCUT2D eigenvalue weighted by Gasteiger charge is -2.32. The lowest BCUT2D eigenvalue weighted by Crippen LogP contribution is -2.50. The minimum absolute atomic E-state index is 0.0732. The molecule has 1 aliphatic rings. The van der Waals surface area contributed by atoms with Gasteiger partial charge in [0.05, 0.1) is 12.2 Å². The highest BCUT2D eigenvalue weighted by Crippen LogP contribution is 2.23. The van der Waals surface area contributed by atoms with Gasteiger partial charge in [-0.3, -0.25) is 14.5 Å². The van der Waals surface area contributed by atoms with Gasteiger partial charge in [0.15, 0.2) is 0 Å². The van der Waals surface area contributed by atoms with Crippen molar-refractivity contribution in [1.82, 2.24) is 25.4 Å². The van der Waals surface area contributed by atoms with Crippen LogP contribution in [0.5, 0.6) is 0 Å². The van der Waals surface area contributed by atoms with Crippen LogP contribution in [0.15, 0.2) is 35.7 Å². The van der Waals surface area contributed by atoms with E-state index in [1.807, 2.05) is 25.1 Å². The largest absolute Gasteiger partial charge is 0.351 e. The number of amides is 1. The van der Waals surface area contributed by atoms with Crippen LogP contribution in [0, 0.1) is 0 Å². The number of thiazole rings is 1. The third-order valence-electron chi connectivity index (χ3n) is 6.50. The number of Topliss-reactive ketones (excluding diaryl/α,β-unsaturated/α-hetero) is 1. The summed E-state index contributed by atoms with van der Waals surface area (Å²) < 4.78 is 0. The molecular weight excluding hydrogens is 458 g/mol. The average Bonchev–Trinajstić information content (AvgIpc) is 3.34. The summed E-state index contributed by atoms with van der Waals surface area (Å²) in [5.74, 6) is 0.435. The highest BCUT2D eigenvalue weighted by atomic mass is 32.1. The predicted octanol–water partition coefficient (Wildman–Crippen LogP) is 3.56. The predicted molar refractivity (Wildman–Crippen MR) is 144 cm³/mol. The van der Waals surface area contributed by atoms with Gasteiger partial charge in [0, 0.05) is 69.1 Å². The number of piperazine rings is 1. The molecule has 1 amide bonds. The van der Waals surface area contributed by atoms with Crippen LogP contribution in [-0.2, 0) is 16.1 Å². The van der Waals surface area contributed by atoms with Crippen molar-refractivity contribution in [2.24, 2.45) is 0 Å². The SMILES string of the molecule is CCC(=O)CCCCCC(CNCc1csc(-c2ccccc2)n1)NC(=O)CN1CCN(C)CC1. The van der Waals surface area contributed by atoms with Crippen LogP contribution in [0.25, 0.3) is 10.6 Å². The van der Waals surface area contributed by atoms with Gasteiger partial charge in [-0.2, -0.15) is 0 Å². The number of benzene rings is 1. The molecule has 0 saturated carbocycles. The van der Waals surface area contributed by atoms with E-state index in [2.05, 4.69) is 45.0 Å². The smallest absolute Gasteiger partial charge is 0.234 e. The Morgan fingerprint density at radius 1 is 1.09 bits per heavy atom. The van der Waals surface area contributed by atoms with Crippen molar-refractivity contribution in [2.75, 3.05) is 46.3 Å². The van der Waals surface area contributed by atoms with E-state index in [9.17, 15) is 9.59 Å². The molecule has 35 heavy (non-hydrogen) atoms. The molecule has 192 valence electrons. The van der Waals surface area contributed by atoms with Gasteiger partial charge < -0.3 is 15.5 Å². The number of carbonyl (C=O) groups excluding carboxylic acids is 2. The first kappa shape index (κ1) is 27.5. The van der Waals surface area contributed by atoms with Crippen LogP contribution in [0.1, 0.15) is 51.1 Å². The average molecular weight is 500 g/mol. The maximum Gasteiger partial charge on any atom is 0.234 e. The molecule has 1 atom stereocenters. The number of carbonyl (C=O) groups is 2. The second-order valence-electron chi connectivity index (χ2n) is 9.48. The van der Waals surface area contributed by atoms with E-state index in [4.69, 9.17) is 4.98 Å². The first-order valence-electron chi connectivity index (χ1n) is 13.0. The van der Waals surface area contributed by atoms with E-state index in [0.29, 0.717) is 38.3 Å². The molecule has 1 fully saturated rings. The zero-order chi connectivity index (χ0) is 24.9. The highest BCUT2D eigenvalue weighted by Gasteiger charge is 2.19. The van der Waals surface area contributed by atoms with Crippen molar-refractivity contribution in [1.29, 1.82) is 0 Å². The standard InChI is InChI=1S/C27H41N5O2S/c1-3-25(33)13-9-5-8-12-23(29-26(34)20-32-16-14-31(2)15-17-32)18-28-19-24-21-35-27(30-24)22-10-6-4-7-11-22/h4,6-7,10-11,21,23,28H,3,5,8-9,12-20H2,1-2H3,(H,29,34). The molecule has 1 aromatic carbocycles. The van der Waals surface area contributed by atoms with Gasteiger partial charge in [-0.15, -0.1) is 11.3 Å². The van der Waals surface area contributed by atoms with Crippen LogP contribution in [0.3, 0.4) is 0 Å². The highest BCUT2D eigenvalue weighted by molar-refractivity contribution is 7.13. The molecule has 2 aromatic rings. The number of nitrogens with zero attached hydrogens (tertiary/aromatic N) is 3. The Hall–Kier alpha value is -2.13. The minimum atomic E-state index is 0.0732. The molecule has 2 heterocycles. The van der Waals surface area contributed by atoms with Crippen molar-refractivity contribution >= 4 is 23.0 Å². The normalized spacial score (nSPS) is 15.7. The number of rotatable bonds is 15. The minimum Gasteiger partial charge on any atom is -0.351 e. The molecule has 0 bridgehead atoms. The van der Waals surface area contributed by atoms with Crippen LogP contribution in [-0.4, -0.2) is 78.8 Å². The molecular formula is C27H41N5O2S. The quantitative estimate of drug-likeness (QED) is 0.365. The Morgan fingerprint density at radius 3 is 2.60 bits per heavy atom. The van der Waals surface area contributed by atoms with Gasteiger partial charge in [-0.25, -0.2) is 4.98 Å². The van der Waals surface area contributed by atoms with E-state index in [1.54, 1.807) is 11.3 Å². The fourth-order valence-electron chi connectivity index (χ4n) is 4.25. The number of likely N-dealkylation sites (N-methyl/N-ethyl adjacent to an activating group) is 1. The molecule has 1 unspecified atom stereocenters. The third kappa shape index (κ3) is 10.2. The van der Waals surface area contributed by atoms with Crippen molar-refractivity contribution in [2.45, 2.75) is 58.0 Å². The van der Waals surface area contributed by atoms with Crippen molar-refractivity contribution in [3.05, 3.63) is 41.4 Å². The van der Waals surface area contributed by atoms with Crippen molar-refractivity contribution < 1.29 is 9.59 Å². The van der Waals surface area contributed by atoms with Gasteiger partial charge in [0.2, 0.25) is 5.91 Å². The lowest BCUT2D eigenvalue weighted by atomic mass is 10.0. The fourth-order valence-corrected chi connectivity index (χ4v) is 5.08. The number of unbranched alkanes of at least 4 members (excludes halogenated alkanes) is 2. The molecule has 0 aliphatic carbocycles. The number of hydrogen-bond acceptors (Lipinski definition) is 7. The lowest BCUT2D eigenvalue weighted by molar-refractivity contribution is -0.123. The molecule has 1 saturated heterocycles. The first-order chi connectivity index (χ1) is 17.0. The number of aromatic nitrogens is 1. The van der Waals surface area contributed by atoms with Gasteiger partial charge in [0.1, 0.15) is 10.8 Å². The molecule has 0 radical (unpaired) electrons. The molecule has 1 aliphatic heterocycles. The molecule has 0 spiro atoms. The Labute approximate surface area is 214 Å². The van der Waals surface area contributed by atoms with Crippen LogP contribution < -0.4 is 10.6 Å². The molecule has 7 nitrogen and oxygen atoms in total. The summed E-state index contributed by atoms with van der Waals surface area (Å²) in [7, 11) is 2.12. The third-order valence-corrected chi connectivity index (χ3v) is 7.44. The molecule has 2 N–H and O–H groups in total. The molecule has 1 aromatic heterocycles. The maximum atomic E-state index is 12.8. The number of hydrogen-bond donors (Lipinski definition) is 2. The number of ketones is 1. The topological polar surface area (TPSA) is 77.6 Å².